The molecule has 0 aliphatic carbocycles. The van der Waals surface area contributed by atoms with Gasteiger partial charge in [-0.2, -0.15) is 5.10 Å². The molecule has 3 rings (SSSR count). The van der Waals surface area contributed by atoms with Crippen molar-refractivity contribution in [3.05, 3.63) is 59.8 Å². The molecule has 0 bridgehead atoms. The fraction of sp³-hybridized carbons (Fsp3) is 0.125. The van der Waals surface area contributed by atoms with E-state index in [-0.39, 0.29) is 10.6 Å². The first-order chi connectivity index (χ1) is 10.9. The number of nitrogens with zero attached hydrogens (tertiary/aromatic N) is 2. The molecule has 0 aliphatic heterocycles. The molecule has 0 saturated carbocycles. The lowest BCUT2D eigenvalue weighted by Crippen LogP contribution is -2.05. The van der Waals surface area contributed by atoms with Gasteiger partial charge in [-0.3, -0.25) is 4.68 Å². The smallest absolute Gasteiger partial charge is 0.357 e. The first-order valence-corrected chi connectivity index (χ1v) is 8.73. The molecule has 0 atom stereocenters. The van der Waals surface area contributed by atoms with Gasteiger partial charge >= 0.3 is 5.97 Å². The topological polar surface area (TPSA) is 89.3 Å². The Kier molecular flexibility index (Phi) is 3.65. The molecule has 7 heteroatoms. The van der Waals surface area contributed by atoms with Crippen molar-refractivity contribution in [3.63, 3.8) is 0 Å². The molecule has 1 N–H and O–H groups in total. The molecular weight excluding hydrogens is 316 g/mol. The number of aromatic carboxylic acids is 1. The van der Waals surface area contributed by atoms with Gasteiger partial charge < -0.3 is 5.11 Å². The maximum absolute atomic E-state index is 11.5. The zero-order chi connectivity index (χ0) is 16.6. The van der Waals surface area contributed by atoms with Gasteiger partial charge in [-0.05, 0) is 23.8 Å². The van der Waals surface area contributed by atoms with Gasteiger partial charge in [0.1, 0.15) is 0 Å². The highest BCUT2D eigenvalue weighted by molar-refractivity contribution is 7.90. The number of aromatic nitrogens is 2. The Morgan fingerprint density at radius 1 is 1.13 bits per heavy atom. The van der Waals surface area contributed by atoms with Crippen LogP contribution in [0.5, 0.6) is 0 Å². The van der Waals surface area contributed by atoms with E-state index >= 15 is 0 Å². The predicted molar refractivity (Wildman–Crippen MR) is 85.3 cm³/mol. The van der Waals surface area contributed by atoms with Crippen molar-refractivity contribution in [1.82, 2.24) is 9.78 Å². The minimum absolute atomic E-state index is 0.00774. The summed E-state index contributed by atoms with van der Waals surface area (Å²) in [5.74, 6) is -1.08. The van der Waals surface area contributed by atoms with E-state index in [4.69, 9.17) is 0 Å². The van der Waals surface area contributed by atoms with Gasteiger partial charge in [-0.25, -0.2) is 13.2 Å². The molecule has 6 nitrogen and oxygen atoms in total. The number of hydrogen-bond acceptors (Lipinski definition) is 4. The van der Waals surface area contributed by atoms with E-state index < -0.39 is 15.8 Å². The van der Waals surface area contributed by atoms with E-state index in [2.05, 4.69) is 5.10 Å². The van der Waals surface area contributed by atoms with Crippen LogP contribution in [0.3, 0.4) is 0 Å². The molecular formula is C16H14N2O4S. The SMILES string of the molecule is CS(=O)(=O)c1ccc(Cn2nc(C(=O)O)c3ccccc32)cc1. The van der Waals surface area contributed by atoms with Gasteiger partial charge in [0, 0.05) is 11.6 Å². The summed E-state index contributed by atoms with van der Waals surface area (Å²) in [5.41, 5.74) is 1.56. The lowest BCUT2D eigenvalue weighted by Gasteiger charge is -2.05. The van der Waals surface area contributed by atoms with E-state index in [1.165, 1.54) is 12.1 Å². The quantitative estimate of drug-likeness (QED) is 0.792. The second-order valence-corrected chi connectivity index (χ2v) is 7.26. The van der Waals surface area contributed by atoms with Crippen LogP contribution in [0.4, 0.5) is 0 Å². The van der Waals surface area contributed by atoms with Crippen molar-refractivity contribution in [2.24, 2.45) is 0 Å². The molecule has 0 spiro atoms. The Hall–Kier alpha value is -2.67. The fourth-order valence-corrected chi connectivity index (χ4v) is 3.05. The summed E-state index contributed by atoms with van der Waals surface area (Å²) >= 11 is 0. The van der Waals surface area contributed by atoms with Gasteiger partial charge in [0.05, 0.1) is 17.0 Å². The number of benzene rings is 2. The third-order valence-electron chi connectivity index (χ3n) is 3.54. The molecule has 23 heavy (non-hydrogen) atoms. The van der Waals surface area contributed by atoms with Gasteiger partial charge in [-0.15, -0.1) is 0 Å². The highest BCUT2D eigenvalue weighted by Crippen LogP contribution is 2.20. The summed E-state index contributed by atoms with van der Waals surface area (Å²) in [6, 6.07) is 13.6. The molecule has 1 heterocycles. The molecule has 3 aromatic rings. The summed E-state index contributed by atoms with van der Waals surface area (Å²) in [7, 11) is -3.23. The Morgan fingerprint density at radius 2 is 1.78 bits per heavy atom. The van der Waals surface area contributed by atoms with Crippen LogP contribution < -0.4 is 0 Å². The second kappa shape index (κ2) is 5.51. The third kappa shape index (κ3) is 2.95. The van der Waals surface area contributed by atoms with E-state index in [0.29, 0.717) is 11.9 Å². The number of carboxylic acids is 1. The average Bonchev–Trinajstić information content (AvgIpc) is 2.86. The van der Waals surface area contributed by atoms with E-state index in [0.717, 1.165) is 17.3 Å². The van der Waals surface area contributed by atoms with Crippen LogP contribution in [0.1, 0.15) is 16.1 Å². The maximum Gasteiger partial charge on any atom is 0.357 e. The fourth-order valence-electron chi connectivity index (χ4n) is 2.42. The highest BCUT2D eigenvalue weighted by atomic mass is 32.2. The predicted octanol–water partition coefficient (Wildman–Crippen LogP) is 2.19. The molecule has 0 amide bonds. The Labute approximate surface area is 132 Å². The average molecular weight is 330 g/mol. The summed E-state index contributed by atoms with van der Waals surface area (Å²) < 4.78 is 24.6. The van der Waals surface area contributed by atoms with E-state index in [9.17, 15) is 18.3 Å². The molecule has 1 aromatic heterocycles. The zero-order valence-corrected chi connectivity index (χ0v) is 13.1. The molecule has 2 aromatic carbocycles. The maximum atomic E-state index is 11.5. The summed E-state index contributed by atoms with van der Waals surface area (Å²) in [6.07, 6.45) is 1.15. The van der Waals surface area contributed by atoms with Crippen LogP contribution in [0, 0.1) is 0 Å². The highest BCUT2D eigenvalue weighted by Gasteiger charge is 2.16. The number of rotatable bonds is 4. The van der Waals surface area contributed by atoms with Crippen LogP contribution in [0.25, 0.3) is 10.9 Å². The first-order valence-electron chi connectivity index (χ1n) is 6.84. The lowest BCUT2D eigenvalue weighted by molar-refractivity contribution is 0.0691. The van der Waals surface area contributed by atoms with Crippen molar-refractivity contribution >= 4 is 26.7 Å². The number of fused-ring (bicyclic) bond motifs is 1. The Bertz CT molecular complexity index is 989. The molecule has 0 radical (unpaired) electrons. The second-order valence-electron chi connectivity index (χ2n) is 5.24. The first kappa shape index (κ1) is 15.2. The van der Waals surface area contributed by atoms with Crippen molar-refractivity contribution in [2.45, 2.75) is 11.4 Å². The standard InChI is InChI=1S/C16H14N2O4S/c1-23(21,22)12-8-6-11(7-9-12)10-18-14-5-3-2-4-13(14)15(17-18)16(19)20/h2-9H,10H2,1H3,(H,19,20). The largest absolute Gasteiger partial charge is 0.476 e. The van der Waals surface area contributed by atoms with Gasteiger partial charge in [0.2, 0.25) is 0 Å². The summed E-state index contributed by atoms with van der Waals surface area (Å²) in [4.78, 5) is 11.5. The van der Waals surface area contributed by atoms with E-state index in [1.807, 2.05) is 6.07 Å². The van der Waals surface area contributed by atoms with Crippen LogP contribution in [0.2, 0.25) is 0 Å². The Balaban J connectivity index is 2.00. The monoisotopic (exact) mass is 330 g/mol. The van der Waals surface area contributed by atoms with Crippen molar-refractivity contribution < 1.29 is 18.3 Å². The van der Waals surface area contributed by atoms with Crippen molar-refractivity contribution in [2.75, 3.05) is 6.26 Å². The molecule has 0 fully saturated rings. The van der Waals surface area contributed by atoms with Crippen molar-refractivity contribution in [3.8, 4) is 0 Å². The minimum atomic E-state index is -3.23. The molecule has 0 aliphatic rings. The van der Waals surface area contributed by atoms with E-state index in [1.54, 1.807) is 35.0 Å². The normalized spacial score (nSPS) is 11.7. The minimum Gasteiger partial charge on any atom is -0.476 e. The molecule has 118 valence electrons. The number of para-hydroxylation sites is 1. The van der Waals surface area contributed by atoms with Crippen LogP contribution in [0.15, 0.2) is 53.4 Å². The lowest BCUT2D eigenvalue weighted by atomic mass is 10.2. The van der Waals surface area contributed by atoms with Crippen LogP contribution in [-0.2, 0) is 16.4 Å². The number of carbonyl (C=O) groups is 1. The molecule has 0 unspecified atom stereocenters. The summed E-state index contributed by atoms with van der Waals surface area (Å²) in [5, 5.41) is 14.0. The number of carboxylic acid groups (broad SMARTS) is 1. The number of sulfone groups is 1. The van der Waals surface area contributed by atoms with Gasteiger partial charge in [0.25, 0.3) is 0 Å². The van der Waals surface area contributed by atoms with Crippen LogP contribution in [-0.4, -0.2) is 35.5 Å². The Morgan fingerprint density at radius 3 is 2.39 bits per heavy atom. The van der Waals surface area contributed by atoms with Crippen molar-refractivity contribution in [1.29, 1.82) is 0 Å². The van der Waals surface area contributed by atoms with Crippen LogP contribution >= 0.6 is 0 Å². The molecule has 0 saturated heterocycles. The summed E-state index contributed by atoms with van der Waals surface area (Å²) in [6.45, 7) is 0.359. The van der Waals surface area contributed by atoms with Gasteiger partial charge in [-0.1, -0.05) is 30.3 Å². The van der Waals surface area contributed by atoms with Gasteiger partial charge in [0.15, 0.2) is 15.5 Å². The third-order valence-corrected chi connectivity index (χ3v) is 4.67. The number of hydrogen-bond donors (Lipinski definition) is 1. The zero-order valence-electron chi connectivity index (χ0n) is 12.3.